The molecule has 0 aliphatic heterocycles. The van der Waals surface area contributed by atoms with E-state index in [0.717, 1.165) is 19.7 Å². The van der Waals surface area contributed by atoms with Crippen molar-refractivity contribution < 1.29 is 32.6 Å². The Bertz CT molecular complexity index is 2260. The Hall–Kier alpha value is -5.77. The van der Waals surface area contributed by atoms with Gasteiger partial charge in [-0.2, -0.15) is 0 Å². The number of nitrogens with zero attached hydrogens (tertiary/aromatic N) is 8. The van der Waals surface area contributed by atoms with E-state index < -0.39 is 11.9 Å². The number of thiazole rings is 2. The van der Waals surface area contributed by atoms with Crippen molar-refractivity contribution in [2.45, 2.75) is 53.6 Å². The van der Waals surface area contributed by atoms with Crippen LogP contribution in [0.3, 0.4) is 0 Å². The second-order valence-corrected chi connectivity index (χ2v) is 14.5. The molecule has 21 heteroatoms. The number of fused-ring (bicyclic) bond motifs is 2. The molecule has 0 bridgehead atoms. The molecule has 0 spiro atoms. The highest BCUT2D eigenvalue weighted by molar-refractivity contribution is 7.18. The summed E-state index contributed by atoms with van der Waals surface area (Å²) in [5.74, 6) is -1.06. The Labute approximate surface area is 347 Å². The van der Waals surface area contributed by atoms with Crippen molar-refractivity contribution >= 4 is 73.2 Å². The molecule has 5 N–H and O–H groups in total. The molecule has 0 saturated carbocycles. The molecule has 6 aromatic heterocycles. The summed E-state index contributed by atoms with van der Waals surface area (Å²) in [6, 6.07) is 5.86. The first-order valence-electron chi connectivity index (χ1n) is 18.6. The molecule has 6 rings (SSSR count). The lowest BCUT2D eigenvalue weighted by Gasteiger charge is -2.10. The average Bonchev–Trinajstić information content (AvgIpc) is 3.86. The van der Waals surface area contributed by atoms with Gasteiger partial charge >= 0.3 is 11.9 Å². The van der Waals surface area contributed by atoms with Crippen molar-refractivity contribution in [2.24, 2.45) is 17.6 Å². The van der Waals surface area contributed by atoms with E-state index in [2.05, 4.69) is 60.6 Å². The monoisotopic (exact) mass is 852 g/mol. The van der Waals surface area contributed by atoms with Gasteiger partial charge in [0.2, 0.25) is 0 Å². The molecule has 6 heterocycles. The van der Waals surface area contributed by atoms with Crippen LogP contribution < -0.4 is 21.7 Å². The van der Waals surface area contributed by atoms with E-state index in [0.29, 0.717) is 86.0 Å². The van der Waals surface area contributed by atoms with Crippen molar-refractivity contribution in [3.63, 3.8) is 0 Å². The van der Waals surface area contributed by atoms with Gasteiger partial charge in [-0.15, -0.1) is 0 Å². The highest BCUT2D eigenvalue weighted by atomic mass is 32.1. The smallest absolute Gasteiger partial charge is 0.315 e. The first-order valence-corrected chi connectivity index (χ1v) is 20.3. The topological polar surface area (TPSA) is 235 Å². The standard InChI is InChI=1S/C19H23FN6O2S.C13H13FN6S.C6H10O3/c1-3-28-19(27)12(2)9-21-8-6-15-26-16-17(24-11-25-18(16)29-15)23-10-14-13(20)5-4-7-22-14;14-8-2-1-5-16-9(8)6-17-12-11-13(19-7-18-12)21-10(20-11)3-4-15;1-3-9-6(8)5(2)4-7/h4-5,7,11-12,21H,3,6,8-10H2,1-2H3,(H,23,24,25);1-2,5,7H,3-4,6,15H2,(H,17,18,19);4-5H,3H2,1-2H3. The van der Waals surface area contributed by atoms with Crippen molar-refractivity contribution in [1.29, 1.82) is 0 Å². The van der Waals surface area contributed by atoms with Crippen molar-refractivity contribution in [1.82, 2.24) is 45.2 Å². The van der Waals surface area contributed by atoms with Crippen LogP contribution in [0, 0.1) is 23.5 Å². The predicted octanol–water partition coefficient (Wildman–Crippen LogP) is 4.68. The van der Waals surface area contributed by atoms with Gasteiger partial charge in [0.05, 0.1) is 53.6 Å². The van der Waals surface area contributed by atoms with Gasteiger partial charge in [0.1, 0.15) is 57.2 Å². The second kappa shape index (κ2) is 24.2. The van der Waals surface area contributed by atoms with Crippen LogP contribution in [-0.2, 0) is 49.8 Å². The number of hydrogen-bond donors (Lipinski definition) is 4. The summed E-state index contributed by atoms with van der Waals surface area (Å²) in [5, 5.41) is 11.2. The molecule has 2 unspecified atom stereocenters. The minimum Gasteiger partial charge on any atom is -0.466 e. The summed E-state index contributed by atoms with van der Waals surface area (Å²) in [7, 11) is 0. The average molecular weight is 853 g/mol. The van der Waals surface area contributed by atoms with E-state index >= 15 is 0 Å². The maximum atomic E-state index is 13.7. The van der Waals surface area contributed by atoms with Gasteiger partial charge in [-0.1, -0.05) is 29.6 Å². The van der Waals surface area contributed by atoms with Crippen LogP contribution in [0.5, 0.6) is 0 Å². The number of hydrogen-bond acceptors (Lipinski definition) is 19. The van der Waals surface area contributed by atoms with Crippen molar-refractivity contribution in [3.05, 3.63) is 82.4 Å². The normalized spacial score (nSPS) is 11.7. The minimum atomic E-state index is -0.620. The van der Waals surface area contributed by atoms with E-state index in [1.807, 2.05) is 6.92 Å². The summed E-state index contributed by atoms with van der Waals surface area (Å²) >= 11 is 2.97. The fourth-order valence-electron chi connectivity index (χ4n) is 4.83. The summed E-state index contributed by atoms with van der Waals surface area (Å²) in [5.41, 5.74) is 7.53. The molecule has 0 aromatic carbocycles. The largest absolute Gasteiger partial charge is 0.466 e. The molecule has 0 aliphatic carbocycles. The molecule has 0 aliphatic rings. The highest BCUT2D eigenvalue weighted by Gasteiger charge is 2.15. The maximum absolute atomic E-state index is 13.7. The zero-order chi connectivity index (χ0) is 42.6. The van der Waals surface area contributed by atoms with Crippen molar-refractivity contribution in [3.8, 4) is 0 Å². The van der Waals surface area contributed by atoms with Crippen molar-refractivity contribution in [2.75, 3.05) is 43.5 Å². The number of nitrogens with one attached hydrogen (secondary N) is 3. The van der Waals surface area contributed by atoms with Gasteiger partial charge in [0, 0.05) is 38.3 Å². The summed E-state index contributed by atoms with van der Waals surface area (Å²) < 4.78 is 36.8. The number of halogens is 2. The lowest BCUT2D eigenvalue weighted by molar-refractivity contribution is -0.149. The fourth-order valence-corrected chi connectivity index (χ4v) is 6.66. The minimum absolute atomic E-state index is 0.195. The van der Waals surface area contributed by atoms with Gasteiger partial charge in [-0.05, 0) is 51.6 Å². The summed E-state index contributed by atoms with van der Waals surface area (Å²) in [6.07, 6.45) is 7.99. The number of rotatable bonds is 18. The molecule has 0 fully saturated rings. The second-order valence-electron chi connectivity index (χ2n) is 12.4. The molecule has 17 nitrogen and oxygen atoms in total. The zero-order valence-corrected chi connectivity index (χ0v) is 34.6. The van der Waals surface area contributed by atoms with E-state index in [1.165, 1.54) is 54.4 Å². The number of carbonyl (C=O) groups excluding carboxylic acids is 3. The lowest BCUT2D eigenvalue weighted by Crippen LogP contribution is -2.29. The summed E-state index contributed by atoms with van der Waals surface area (Å²) in [6.45, 7) is 9.77. The van der Waals surface area contributed by atoms with Crippen LogP contribution in [0.1, 0.15) is 49.1 Å². The first kappa shape index (κ1) is 45.9. The van der Waals surface area contributed by atoms with Gasteiger partial charge in [-0.25, -0.2) is 38.7 Å². The Balaban J connectivity index is 0.000000223. The third-order valence-corrected chi connectivity index (χ3v) is 9.92. The van der Waals surface area contributed by atoms with E-state index in [-0.39, 0.29) is 36.6 Å². The molecule has 59 heavy (non-hydrogen) atoms. The Morgan fingerprint density at radius 2 is 1.29 bits per heavy atom. The van der Waals surface area contributed by atoms with Crippen LogP contribution in [0.25, 0.3) is 20.7 Å². The molecule has 0 saturated heterocycles. The van der Waals surface area contributed by atoms with Crippen LogP contribution in [0.15, 0.2) is 49.3 Å². The van der Waals surface area contributed by atoms with Crippen LogP contribution in [0.2, 0.25) is 0 Å². The van der Waals surface area contributed by atoms with E-state index in [4.69, 9.17) is 10.5 Å². The van der Waals surface area contributed by atoms with Gasteiger partial charge in [-0.3, -0.25) is 19.6 Å². The third kappa shape index (κ3) is 14.2. The van der Waals surface area contributed by atoms with E-state index in [1.54, 1.807) is 38.4 Å². The molecular formula is C38H46F2N12O5S2. The lowest BCUT2D eigenvalue weighted by atomic mass is 10.2. The maximum Gasteiger partial charge on any atom is 0.315 e. The molecular weight excluding hydrogens is 807 g/mol. The van der Waals surface area contributed by atoms with Gasteiger partial charge in [0.15, 0.2) is 11.6 Å². The van der Waals surface area contributed by atoms with E-state index in [9.17, 15) is 23.2 Å². The number of carbonyl (C=O) groups is 3. The number of esters is 2. The molecule has 2 atom stereocenters. The SMILES string of the molecule is CCOC(=O)C(C)C=O.CCOC(=O)C(C)CNCCc1nc2c(NCc3ncccc3F)ncnc2s1.NCCc1nc2c(NCc3ncccc3F)ncnc2s1. The number of aldehydes is 1. The highest BCUT2D eigenvalue weighted by Crippen LogP contribution is 2.26. The third-order valence-electron chi connectivity index (χ3n) is 7.87. The van der Waals surface area contributed by atoms with Gasteiger partial charge < -0.3 is 36.0 Å². The number of ether oxygens (including phenoxy) is 2. The number of nitrogens with two attached hydrogens (primary N) is 1. The Kier molecular flexibility index (Phi) is 18.9. The predicted molar refractivity (Wildman–Crippen MR) is 220 cm³/mol. The number of aromatic nitrogens is 8. The number of pyridine rings is 2. The Morgan fingerprint density at radius 3 is 1.76 bits per heavy atom. The fraction of sp³-hybridized carbons (Fsp3) is 0.395. The van der Waals surface area contributed by atoms with Crippen LogP contribution in [-0.4, -0.2) is 90.9 Å². The quantitative estimate of drug-likeness (QED) is 0.0398. The van der Waals surface area contributed by atoms with Crippen LogP contribution in [0.4, 0.5) is 20.4 Å². The number of anilines is 2. The molecule has 314 valence electrons. The summed E-state index contributed by atoms with van der Waals surface area (Å²) in [4.78, 5) is 67.6. The molecule has 0 amide bonds. The first-order chi connectivity index (χ1) is 28.6. The Morgan fingerprint density at radius 1 is 0.780 bits per heavy atom. The van der Waals surface area contributed by atoms with Gasteiger partial charge in [0.25, 0.3) is 0 Å². The zero-order valence-electron chi connectivity index (χ0n) is 33.0. The van der Waals surface area contributed by atoms with Crippen LogP contribution >= 0.6 is 22.7 Å². The molecule has 6 aromatic rings. The molecule has 0 radical (unpaired) electrons.